The van der Waals surface area contributed by atoms with Gasteiger partial charge in [-0.05, 0) is 31.7 Å². The van der Waals surface area contributed by atoms with Gasteiger partial charge in [-0.3, -0.25) is 4.68 Å². The van der Waals surface area contributed by atoms with Crippen molar-refractivity contribution in [1.82, 2.24) is 9.78 Å². The maximum atomic E-state index is 4.63. The van der Waals surface area contributed by atoms with Crippen LogP contribution in [-0.2, 0) is 6.42 Å². The Balaban J connectivity index is 1.94. The summed E-state index contributed by atoms with van der Waals surface area (Å²) < 4.78 is 2.18. The lowest BCUT2D eigenvalue weighted by molar-refractivity contribution is 0.462. The van der Waals surface area contributed by atoms with Gasteiger partial charge >= 0.3 is 0 Å². The van der Waals surface area contributed by atoms with Crippen molar-refractivity contribution in [1.29, 1.82) is 0 Å². The van der Waals surface area contributed by atoms with Gasteiger partial charge in [-0.2, -0.15) is 5.10 Å². The molecule has 1 aromatic heterocycles. The van der Waals surface area contributed by atoms with Crippen molar-refractivity contribution in [2.75, 3.05) is 5.33 Å². The molecule has 0 aliphatic heterocycles. The van der Waals surface area contributed by atoms with Gasteiger partial charge in [0.1, 0.15) is 0 Å². The molecule has 14 heavy (non-hydrogen) atoms. The molecular formula is C11H17BrN2. The van der Waals surface area contributed by atoms with Crippen LogP contribution in [0.4, 0.5) is 0 Å². The highest BCUT2D eigenvalue weighted by Gasteiger charge is 2.17. The average Bonchev–Trinajstić information content (AvgIpc) is 2.85. The maximum absolute atomic E-state index is 4.63. The summed E-state index contributed by atoms with van der Waals surface area (Å²) in [5.41, 5.74) is 1.25. The average molecular weight is 257 g/mol. The predicted octanol–water partition coefficient (Wildman–Crippen LogP) is 3.33. The third kappa shape index (κ3) is 2.38. The first-order chi connectivity index (χ1) is 6.90. The Morgan fingerprint density at radius 3 is 2.93 bits per heavy atom. The van der Waals surface area contributed by atoms with Gasteiger partial charge in [0.15, 0.2) is 0 Å². The highest BCUT2D eigenvalue weighted by Crippen LogP contribution is 2.28. The van der Waals surface area contributed by atoms with E-state index in [2.05, 4.69) is 38.0 Å². The van der Waals surface area contributed by atoms with Crippen LogP contribution < -0.4 is 0 Å². The van der Waals surface area contributed by atoms with Crippen molar-refractivity contribution in [2.24, 2.45) is 0 Å². The van der Waals surface area contributed by atoms with E-state index >= 15 is 0 Å². The zero-order chi connectivity index (χ0) is 9.80. The maximum Gasteiger partial charge on any atom is 0.0625 e. The van der Waals surface area contributed by atoms with E-state index < -0.39 is 0 Å². The van der Waals surface area contributed by atoms with Gasteiger partial charge in [0.2, 0.25) is 0 Å². The van der Waals surface area contributed by atoms with Gasteiger partial charge in [-0.25, -0.2) is 0 Å². The van der Waals surface area contributed by atoms with E-state index in [-0.39, 0.29) is 0 Å². The van der Waals surface area contributed by atoms with E-state index in [0.29, 0.717) is 6.04 Å². The fraction of sp³-hybridized carbons (Fsp3) is 0.727. The SMILES string of the molecule is BrCCCc1ccn(C2CCCC2)n1. The molecule has 1 saturated carbocycles. The lowest BCUT2D eigenvalue weighted by Gasteiger charge is -2.08. The van der Waals surface area contributed by atoms with Crippen LogP contribution in [0.2, 0.25) is 0 Å². The quantitative estimate of drug-likeness (QED) is 0.756. The summed E-state index contributed by atoms with van der Waals surface area (Å²) in [6.45, 7) is 0. The number of hydrogen-bond donors (Lipinski definition) is 0. The minimum absolute atomic E-state index is 0.688. The second-order valence-electron chi connectivity index (χ2n) is 4.02. The van der Waals surface area contributed by atoms with E-state index in [9.17, 15) is 0 Å². The Labute approximate surface area is 93.8 Å². The molecule has 0 radical (unpaired) electrons. The highest BCUT2D eigenvalue weighted by atomic mass is 79.9. The van der Waals surface area contributed by atoms with Crippen molar-refractivity contribution >= 4 is 15.9 Å². The molecule has 0 aromatic carbocycles. The first-order valence-corrected chi connectivity index (χ1v) is 6.62. The molecule has 1 aromatic rings. The molecule has 0 amide bonds. The molecule has 2 rings (SSSR count). The first kappa shape index (κ1) is 10.2. The van der Waals surface area contributed by atoms with Gasteiger partial charge in [-0.15, -0.1) is 0 Å². The van der Waals surface area contributed by atoms with Crippen LogP contribution in [0.25, 0.3) is 0 Å². The van der Waals surface area contributed by atoms with E-state index in [1.807, 2.05) is 0 Å². The van der Waals surface area contributed by atoms with Crippen LogP contribution in [0, 0.1) is 0 Å². The molecule has 1 aliphatic rings. The number of aryl methyl sites for hydroxylation is 1. The molecule has 78 valence electrons. The molecule has 0 saturated heterocycles. The normalized spacial score (nSPS) is 17.8. The zero-order valence-corrected chi connectivity index (χ0v) is 10.0. The van der Waals surface area contributed by atoms with E-state index in [4.69, 9.17) is 0 Å². The number of halogens is 1. The molecule has 0 atom stereocenters. The zero-order valence-electron chi connectivity index (χ0n) is 8.45. The first-order valence-electron chi connectivity index (χ1n) is 5.50. The third-order valence-corrected chi connectivity index (χ3v) is 3.49. The van der Waals surface area contributed by atoms with E-state index in [0.717, 1.165) is 11.8 Å². The molecule has 2 nitrogen and oxygen atoms in total. The van der Waals surface area contributed by atoms with Crippen LogP contribution in [0.1, 0.15) is 43.8 Å². The van der Waals surface area contributed by atoms with Gasteiger partial charge in [0, 0.05) is 11.5 Å². The summed E-state index contributed by atoms with van der Waals surface area (Å²) >= 11 is 3.45. The van der Waals surface area contributed by atoms with Crippen LogP contribution >= 0.6 is 15.9 Å². The fourth-order valence-corrected chi connectivity index (χ4v) is 2.41. The number of rotatable bonds is 4. The van der Waals surface area contributed by atoms with E-state index in [1.54, 1.807) is 0 Å². The molecule has 1 fully saturated rings. The lowest BCUT2D eigenvalue weighted by Crippen LogP contribution is -2.05. The Morgan fingerprint density at radius 1 is 1.43 bits per heavy atom. The largest absolute Gasteiger partial charge is 0.269 e. The van der Waals surface area contributed by atoms with Gasteiger partial charge < -0.3 is 0 Å². The molecular weight excluding hydrogens is 240 g/mol. The summed E-state index contributed by atoms with van der Waals surface area (Å²) in [6.07, 6.45) is 9.83. The van der Waals surface area contributed by atoms with Crippen LogP contribution in [0.5, 0.6) is 0 Å². The van der Waals surface area contributed by atoms with E-state index in [1.165, 1.54) is 37.8 Å². The van der Waals surface area contributed by atoms with Crippen molar-refractivity contribution < 1.29 is 0 Å². The summed E-state index contributed by atoms with van der Waals surface area (Å²) in [7, 11) is 0. The minimum atomic E-state index is 0.688. The molecule has 0 N–H and O–H groups in total. The Hall–Kier alpha value is -0.310. The van der Waals surface area contributed by atoms with Gasteiger partial charge in [-0.1, -0.05) is 28.8 Å². The highest BCUT2D eigenvalue weighted by molar-refractivity contribution is 9.09. The monoisotopic (exact) mass is 256 g/mol. The standard InChI is InChI=1S/C11H17BrN2/c12-8-3-4-10-7-9-14(13-10)11-5-1-2-6-11/h7,9,11H,1-6,8H2. The van der Waals surface area contributed by atoms with Crippen molar-refractivity contribution in [3.05, 3.63) is 18.0 Å². The predicted molar refractivity (Wildman–Crippen MR) is 61.8 cm³/mol. The van der Waals surface area contributed by atoms with Gasteiger partial charge in [0.25, 0.3) is 0 Å². The fourth-order valence-electron chi connectivity index (χ4n) is 2.13. The summed E-state index contributed by atoms with van der Waals surface area (Å²) in [5.74, 6) is 0. The topological polar surface area (TPSA) is 17.8 Å². The summed E-state index contributed by atoms with van der Waals surface area (Å²) in [5, 5.41) is 5.70. The number of hydrogen-bond acceptors (Lipinski definition) is 1. The van der Waals surface area contributed by atoms with Crippen LogP contribution in [0.3, 0.4) is 0 Å². The molecule has 1 aliphatic carbocycles. The molecule has 0 spiro atoms. The Kier molecular flexibility index (Phi) is 3.62. The lowest BCUT2D eigenvalue weighted by atomic mass is 10.2. The summed E-state index contributed by atoms with van der Waals surface area (Å²) in [6, 6.07) is 2.86. The second-order valence-corrected chi connectivity index (χ2v) is 4.81. The molecule has 1 heterocycles. The number of aromatic nitrogens is 2. The minimum Gasteiger partial charge on any atom is -0.269 e. The Morgan fingerprint density at radius 2 is 2.21 bits per heavy atom. The smallest absolute Gasteiger partial charge is 0.0625 e. The number of nitrogens with zero attached hydrogens (tertiary/aromatic N) is 2. The number of alkyl halides is 1. The summed E-state index contributed by atoms with van der Waals surface area (Å²) in [4.78, 5) is 0. The van der Waals surface area contributed by atoms with Gasteiger partial charge in [0.05, 0.1) is 11.7 Å². The van der Waals surface area contributed by atoms with Crippen molar-refractivity contribution in [3.63, 3.8) is 0 Å². The van der Waals surface area contributed by atoms with Crippen molar-refractivity contribution in [3.8, 4) is 0 Å². The third-order valence-electron chi connectivity index (χ3n) is 2.93. The van der Waals surface area contributed by atoms with Crippen LogP contribution in [-0.4, -0.2) is 15.1 Å². The second kappa shape index (κ2) is 4.96. The molecule has 0 unspecified atom stereocenters. The molecule has 0 bridgehead atoms. The van der Waals surface area contributed by atoms with Crippen molar-refractivity contribution in [2.45, 2.75) is 44.6 Å². The molecule has 3 heteroatoms. The van der Waals surface area contributed by atoms with Crippen LogP contribution in [0.15, 0.2) is 12.3 Å². The Bertz CT molecular complexity index is 277.